The predicted octanol–water partition coefficient (Wildman–Crippen LogP) is 1.03. The van der Waals surface area contributed by atoms with Gasteiger partial charge in [0.15, 0.2) is 6.61 Å². The summed E-state index contributed by atoms with van der Waals surface area (Å²) in [6.45, 7) is 3.92. The Labute approximate surface area is 75.9 Å². The molecule has 0 saturated carbocycles. The lowest BCUT2D eigenvalue weighted by Crippen LogP contribution is -2.26. The van der Waals surface area contributed by atoms with Gasteiger partial charge in [-0.3, -0.25) is 4.79 Å². The summed E-state index contributed by atoms with van der Waals surface area (Å²) >= 11 is 0. The standard InChI is InChI=1S/C9H10N2O2/c1-5-3-7-9(10-6(5)2)13-4-8(12)11-7/h3H,4H2,1-2H3,(H,11,12). The van der Waals surface area contributed by atoms with Crippen LogP contribution in [-0.4, -0.2) is 17.5 Å². The normalized spacial score (nSPS) is 14.5. The number of pyridine rings is 1. The molecule has 0 bridgehead atoms. The lowest BCUT2D eigenvalue weighted by Gasteiger charge is -2.17. The number of anilines is 1. The van der Waals surface area contributed by atoms with E-state index in [0.29, 0.717) is 11.6 Å². The Kier molecular flexibility index (Phi) is 1.69. The molecule has 0 spiro atoms. The predicted molar refractivity (Wildman–Crippen MR) is 47.8 cm³/mol. The first-order valence-electron chi connectivity index (χ1n) is 4.08. The van der Waals surface area contributed by atoms with Crippen molar-refractivity contribution >= 4 is 11.6 Å². The molecule has 1 aliphatic heterocycles. The van der Waals surface area contributed by atoms with Gasteiger partial charge in [-0.2, -0.15) is 0 Å². The lowest BCUT2D eigenvalue weighted by atomic mass is 10.2. The Balaban J connectivity index is 2.49. The fourth-order valence-electron chi connectivity index (χ4n) is 1.20. The number of carbonyl (C=O) groups is 1. The third-order valence-corrected chi connectivity index (χ3v) is 2.05. The molecule has 0 aliphatic carbocycles. The highest BCUT2D eigenvalue weighted by atomic mass is 16.5. The van der Waals surface area contributed by atoms with Crippen LogP contribution in [0.2, 0.25) is 0 Å². The summed E-state index contributed by atoms with van der Waals surface area (Å²) in [5.74, 6) is 0.389. The Morgan fingerprint density at radius 3 is 3.08 bits per heavy atom. The SMILES string of the molecule is Cc1cc2c(nc1C)OCC(=O)N2. The smallest absolute Gasteiger partial charge is 0.262 e. The van der Waals surface area contributed by atoms with Gasteiger partial charge in [-0.25, -0.2) is 4.98 Å². The fourth-order valence-corrected chi connectivity index (χ4v) is 1.20. The van der Waals surface area contributed by atoms with Crippen LogP contribution in [0.25, 0.3) is 0 Å². The van der Waals surface area contributed by atoms with Crippen molar-refractivity contribution in [2.24, 2.45) is 0 Å². The van der Waals surface area contributed by atoms with Crippen LogP contribution in [0.3, 0.4) is 0 Å². The van der Waals surface area contributed by atoms with Crippen molar-refractivity contribution in [1.29, 1.82) is 0 Å². The van der Waals surface area contributed by atoms with Crippen LogP contribution in [0.4, 0.5) is 5.69 Å². The molecule has 0 radical (unpaired) electrons. The number of ether oxygens (including phenoxy) is 1. The van der Waals surface area contributed by atoms with Gasteiger partial charge in [0.25, 0.3) is 5.91 Å². The van der Waals surface area contributed by atoms with Crippen molar-refractivity contribution in [3.8, 4) is 5.88 Å². The summed E-state index contributed by atoms with van der Waals surface area (Å²) in [6, 6.07) is 1.87. The number of hydrogen-bond acceptors (Lipinski definition) is 3. The molecule has 0 aromatic carbocycles. The van der Waals surface area contributed by atoms with Gasteiger partial charge >= 0.3 is 0 Å². The molecule has 2 heterocycles. The molecule has 0 unspecified atom stereocenters. The highest BCUT2D eigenvalue weighted by Gasteiger charge is 2.17. The molecule has 4 nitrogen and oxygen atoms in total. The van der Waals surface area contributed by atoms with Crippen molar-refractivity contribution in [2.45, 2.75) is 13.8 Å². The molecule has 1 aliphatic rings. The highest BCUT2D eigenvalue weighted by Crippen LogP contribution is 2.26. The van der Waals surface area contributed by atoms with E-state index in [-0.39, 0.29) is 12.5 Å². The molecule has 2 rings (SSSR count). The van der Waals surface area contributed by atoms with E-state index in [1.165, 1.54) is 0 Å². The van der Waals surface area contributed by atoms with E-state index in [1.54, 1.807) is 0 Å². The van der Waals surface area contributed by atoms with E-state index in [4.69, 9.17) is 4.74 Å². The Bertz CT molecular complexity index is 374. The van der Waals surface area contributed by atoms with Gasteiger partial charge in [-0.05, 0) is 25.5 Å². The molecule has 4 heteroatoms. The molecular formula is C9H10N2O2. The molecule has 1 aromatic heterocycles. The first kappa shape index (κ1) is 8.04. The zero-order valence-corrected chi connectivity index (χ0v) is 7.55. The number of nitrogens with zero attached hydrogens (tertiary/aromatic N) is 1. The topological polar surface area (TPSA) is 51.2 Å². The largest absolute Gasteiger partial charge is 0.466 e. The molecular weight excluding hydrogens is 168 g/mol. The van der Waals surface area contributed by atoms with Gasteiger partial charge < -0.3 is 10.1 Å². The zero-order chi connectivity index (χ0) is 9.42. The van der Waals surface area contributed by atoms with E-state index in [9.17, 15) is 4.79 Å². The number of aryl methyl sites for hydroxylation is 2. The van der Waals surface area contributed by atoms with Gasteiger partial charge in [0.1, 0.15) is 5.69 Å². The Morgan fingerprint density at radius 2 is 2.31 bits per heavy atom. The molecule has 68 valence electrons. The van der Waals surface area contributed by atoms with E-state index in [1.807, 2.05) is 19.9 Å². The van der Waals surface area contributed by atoms with Gasteiger partial charge in [0, 0.05) is 5.69 Å². The van der Waals surface area contributed by atoms with Crippen LogP contribution in [0.5, 0.6) is 5.88 Å². The monoisotopic (exact) mass is 178 g/mol. The Hall–Kier alpha value is -1.58. The number of amides is 1. The van der Waals surface area contributed by atoms with Crippen molar-refractivity contribution in [3.63, 3.8) is 0 Å². The van der Waals surface area contributed by atoms with Crippen LogP contribution in [0, 0.1) is 13.8 Å². The van der Waals surface area contributed by atoms with Crippen LogP contribution in [0.15, 0.2) is 6.07 Å². The minimum atomic E-state index is -0.127. The van der Waals surface area contributed by atoms with Gasteiger partial charge in [0.2, 0.25) is 5.88 Å². The molecule has 13 heavy (non-hydrogen) atoms. The van der Waals surface area contributed by atoms with Gasteiger partial charge in [-0.15, -0.1) is 0 Å². The average molecular weight is 178 g/mol. The molecule has 0 fully saturated rings. The van der Waals surface area contributed by atoms with E-state index < -0.39 is 0 Å². The molecule has 1 aromatic rings. The molecule has 0 saturated heterocycles. The fraction of sp³-hybridized carbons (Fsp3) is 0.333. The first-order valence-corrected chi connectivity index (χ1v) is 4.08. The summed E-state index contributed by atoms with van der Waals surface area (Å²) in [5, 5.41) is 2.70. The number of carbonyl (C=O) groups excluding carboxylic acids is 1. The maximum atomic E-state index is 11.0. The second-order valence-corrected chi connectivity index (χ2v) is 3.08. The lowest BCUT2D eigenvalue weighted by molar-refractivity contribution is -0.118. The van der Waals surface area contributed by atoms with Gasteiger partial charge in [0.05, 0.1) is 0 Å². The number of nitrogens with one attached hydrogen (secondary N) is 1. The number of fused-ring (bicyclic) bond motifs is 1. The average Bonchev–Trinajstić information content (AvgIpc) is 2.08. The van der Waals surface area contributed by atoms with Crippen molar-refractivity contribution in [2.75, 3.05) is 11.9 Å². The molecule has 0 atom stereocenters. The first-order chi connectivity index (χ1) is 6.16. The highest BCUT2D eigenvalue weighted by molar-refractivity contribution is 5.94. The van der Waals surface area contributed by atoms with Crippen molar-refractivity contribution in [1.82, 2.24) is 4.98 Å². The van der Waals surface area contributed by atoms with Crippen LogP contribution < -0.4 is 10.1 Å². The van der Waals surface area contributed by atoms with Crippen molar-refractivity contribution in [3.05, 3.63) is 17.3 Å². The number of hydrogen-bond donors (Lipinski definition) is 1. The second kappa shape index (κ2) is 2.73. The third-order valence-electron chi connectivity index (χ3n) is 2.05. The maximum Gasteiger partial charge on any atom is 0.262 e. The number of aromatic nitrogens is 1. The second-order valence-electron chi connectivity index (χ2n) is 3.08. The van der Waals surface area contributed by atoms with E-state index in [0.717, 1.165) is 11.3 Å². The number of rotatable bonds is 0. The summed E-state index contributed by atoms with van der Waals surface area (Å²) in [7, 11) is 0. The maximum absolute atomic E-state index is 11.0. The summed E-state index contributed by atoms with van der Waals surface area (Å²) < 4.78 is 5.15. The van der Waals surface area contributed by atoms with E-state index in [2.05, 4.69) is 10.3 Å². The van der Waals surface area contributed by atoms with Crippen molar-refractivity contribution < 1.29 is 9.53 Å². The van der Waals surface area contributed by atoms with Crippen LogP contribution >= 0.6 is 0 Å². The van der Waals surface area contributed by atoms with Crippen LogP contribution in [-0.2, 0) is 4.79 Å². The third kappa shape index (κ3) is 1.35. The summed E-state index contributed by atoms with van der Waals surface area (Å²) in [4.78, 5) is 15.2. The van der Waals surface area contributed by atoms with Crippen LogP contribution in [0.1, 0.15) is 11.3 Å². The summed E-state index contributed by atoms with van der Waals surface area (Å²) in [6.07, 6.45) is 0. The Morgan fingerprint density at radius 1 is 1.54 bits per heavy atom. The minimum absolute atomic E-state index is 0.0580. The minimum Gasteiger partial charge on any atom is -0.466 e. The quantitative estimate of drug-likeness (QED) is 0.645. The molecule has 1 N–H and O–H groups in total. The molecule has 1 amide bonds. The van der Waals surface area contributed by atoms with Gasteiger partial charge in [-0.1, -0.05) is 0 Å². The summed E-state index contributed by atoms with van der Waals surface area (Å²) in [5.41, 5.74) is 2.64. The zero-order valence-electron chi connectivity index (χ0n) is 7.55. The van der Waals surface area contributed by atoms with E-state index >= 15 is 0 Å².